The molecule has 0 saturated carbocycles. The average Bonchev–Trinajstić information content (AvgIpc) is 2.59. The Kier molecular flexibility index (Phi) is 5.01. The highest BCUT2D eigenvalue weighted by Crippen LogP contribution is 2.20. The Morgan fingerprint density at radius 2 is 1.70 bits per heavy atom. The van der Waals surface area contributed by atoms with E-state index in [2.05, 4.69) is 11.4 Å². The molecule has 3 rings (SSSR count). The Morgan fingerprint density at radius 1 is 0.957 bits per heavy atom. The fourth-order valence-corrected chi connectivity index (χ4v) is 2.44. The Hall–Kier alpha value is -2.23. The molecule has 1 unspecified atom stereocenters. The lowest BCUT2D eigenvalue weighted by atomic mass is 10.1. The zero-order valence-corrected chi connectivity index (χ0v) is 13.3. The third kappa shape index (κ3) is 4.38. The van der Waals surface area contributed by atoms with Crippen molar-refractivity contribution >= 4 is 28.1 Å². The molecule has 0 aliphatic heterocycles. The van der Waals surface area contributed by atoms with Crippen molar-refractivity contribution in [3.05, 3.63) is 71.8 Å². The Balaban J connectivity index is 1.51. The number of aliphatic hydroxyl groups excluding tert-OH is 1. The molecule has 118 valence electrons. The second kappa shape index (κ2) is 7.36. The Bertz CT molecular complexity index is 774. The second-order valence-electron chi connectivity index (χ2n) is 5.36. The number of hydrogen-bond acceptors (Lipinski definition) is 3. The number of halogens is 1. The first-order valence-electron chi connectivity index (χ1n) is 7.50. The number of fused-ring (bicyclic) bond motifs is 1. The third-order valence-electron chi connectivity index (χ3n) is 3.55. The van der Waals surface area contributed by atoms with Crippen LogP contribution < -0.4 is 10.1 Å². The molecule has 0 bridgehead atoms. The minimum Gasteiger partial charge on any atom is -0.491 e. The first-order valence-corrected chi connectivity index (χ1v) is 7.87. The van der Waals surface area contributed by atoms with Gasteiger partial charge in [-0.15, -0.1) is 0 Å². The summed E-state index contributed by atoms with van der Waals surface area (Å²) >= 11 is 5.84. The largest absolute Gasteiger partial charge is 0.491 e. The van der Waals surface area contributed by atoms with Crippen LogP contribution in [0.1, 0.15) is 0 Å². The monoisotopic (exact) mass is 327 g/mol. The van der Waals surface area contributed by atoms with E-state index in [-0.39, 0.29) is 6.61 Å². The zero-order valence-electron chi connectivity index (χ0n) is 12.6. The van der Waals surface area contributed by atoms with E-state index in [1.54, 1.807) is 0 Å². The lowest BCUT2D eigenvalue weighted by Crippen LogP contribution is -2.26. The topological polar surface area (TPSA) is 41.5 Å². The van der Waals surface area contributed by atoms with Crippen LogP contribution in [0.4, 0.5) is 5.69 Å². The van der Waals surface area contributed by atoms with Crippen LogP contribution in [0.3, 0.4) is 0 Å². The summed E-state index contributed by atoms with van der Waals surface area (Å²) in [6.45, 7) is 0.647. The Labute approximate surface area is 140 Å². The summed E-state index contributed by atoms with van der Waals surface area (Å²) in [4.78, 5) is 0. The molecular weight excluding hydrogens is 310 g/mol. The molecule has 0 aliphatic rings. The van der Waals surface area contributed by atoms with Gasteiger partial charge in [-0.25, -0.2) is 0 Å². The van der Waals surface area contributed by atoms with E-state index in [0.29, 0.717) is 11.6 Å². The predicted octanol–water partition coefficient (Wildman–Crippen LogP) is 4.35. The maximum Gasteiger partial charge on any atom is 0.120 e. The number of rotatable bonds is 6. The van der Waals surface area contributed by atoms with Crippen LogP contribution in [0.15, 0.2) is 66.7 Å². The first-order chi connectivity index (χ1) is 11.2. The van der Waals surface area contributed by atoms with Gasteiger partial charge in [-0.05, 0) is 47.2 Å². The third-order valence-corrected chi connectivity index (χ3v) is 3.80. The zero-order chi connectivity index (χ0) is 16.1. The summed E-state index contributed by atoms with van der Waals surface area (Å²) in [6.07, 6.45) is -0.600. The maximum absolute atomic E-state index is 10.0. The predicted molar refractivity (Wildman–Crippen MR) is 95.4 cm³/mol. The number of hydrogen-bond donors (Lipinski definition) is 2. The number of benzene rings is 3. The van der Waals surface area contributed by atoms with Crippen molar-refractivity contribution in [3.8, 4) is 5.75 Å². The van der Waals surface area contributed by atoms with Crippen LogP contribution in [-0.4, -0.2) is 24.4 Å². The smallest absolute Gasteiger partial charge is 0.120 e. The molecule has 0 saturated heterocycles. The molecule has 4 heteroatoms. The minimum atomic E-state index is -0.600. The highest BCUT2D eigenvalue weighted by molar-refractivity contribution is 6.30. The standard InChI is InChI=1S/C19H18ClNO2/c20-16-6-8-17(9-7-16)21-12-18(22)13-23-19-10-5-14-3-1-2-4-15(14)11-19/h1-11,18,21-22H,12-13H2. The van der Waals surface area contributed by atoms with Gasteiger partial charge in [0.25, 0.3) is 0 Å². The summed E-state index contributed by atoms with van der Waals surface area (Å²) in [5.74, 6) is 0.759. The van der Waals surface area contributed by atoms with Gasteiger partial charge in [-0.1, -0.05) is 41.9 Å². The molecule has 0 aliphatic carbocycles. The molecule has 3 nitrogen and oxygen atoms in total. The molecule has 2 N–H and O–H groups in total. The highest BCUT2D eigenvalue weighted by atomic mass is 35.5. The minimum absolute atomic E-state index is 0.235. The maximum atomic E-state index is 10.0. The van der Waals surface area contributed by atoms with Gasteiger partial charge in [-0.2, -0.15) is 0 Å². The van der Waals surface area contributed by atoms with Crippen molar-refractivity contribution in [2.45, 2.75) is 6.10 Å². The van der Waals surface area contributed by atoms with Crippen molar-refractivity contribution < 1.29 is 9.84 Å². The molecule has 0 heterocycles. The van der Waals surface area contributed by atoms with Gasteiger partial charge in [0.2, 0.25) is 0 Å². The summed E-state index contributed by atoms with van der Waals surface area (Å²) in [6, 6.07) is 21.4. The van der Waals surface area contributed by atoms with Gasteiger partial charge >= 0.3 is 0 Å². The molecule has 0 amide bonds. The molecule has 0 radical (unpaired) electrons. The number of nitrogens with one attached hydrogen (secondary N) is 1. The fraction of sp³-hybridized carbons (Fsp3) is 0.158. The van der Waals surface area contributed by atoms with Crippen molar-refractivity contribution in [2.75, 3.05) is 18.5 Å². The van der Waals surface area contributed by atoms with E-state index in [1.807, 2.05) is 60.7 Å². The second-order valence-corrected chi connectivity index (χ2v) is 5.80. The van der Waals surface area contributed by atoms with Gasteiger partial charge in [0.1, 0.15) is 18.5 Å². The van der Waals surface area contributed by atoms with Crippen LogP contribution in [0.25, 0.3) is 10.8 Å². The molecule has 1 atom stereocenters. The van der Waals surface area contributed by atoms with Crippen LogP contribution in [0.5, 0.6) is 5.75 Å². The van der Waals surface area contributed by atoms with Gasteiger partial charge < -0.3 is 15.2 Å². The van der Waals surface area contributed by atoms with E-state index in [1.165, 1.54) is 5.39 Å². The van der Waals surface area contributed by atoms with Gasteiger partial charge in [0, 0.05) is 17.3 Å². The molecule has 0 fully saturated rings. The molecule has 0 aromatic heterocycles. The summed E-state index contributed by atoms with van der Waals surface area (Å²) in [5, 5.41) is 16.2. The van der Waals surface area contributed by atoms with E-state index >= 15 is 0 Å². The number of ether oxygens (including phenoxy) is 1. The molecular formula is C19H18ClNO2. The van der Waals surface area contributed by atoms with Gasteiger partial charge in [-0.3, -0.25) is 0 Å². The van der Waals surface area contributed by atoms with Crippen molar-refractivity contribution in [1.82, 2.24) is 0 Å². The summed E-state index contributed by atoms with van der Waals surface area (Å²) < 4.78 is 5.67. The quantitative estimate of drug-likeness (QED) is 0.707. The van der Waals surface area contributed by atoms with Crippen LogP contribution >= 0.6 is 11.6 Å². The van der Waals surface area contributed by atoms with Crippen molar-refractivity contribution in [3.63, 3.8) is 0 Å². The molecule has 3 aromatic carbocycles. The SMILES string of the molecule is OC(CNc1ccc(Cl)cc1)COc1ccc2ccccc2c1. The van der Waals surface area contributed by atoms with Crippen molar-refractivity contribution in [1.29, 1.82) is 0 Å². The van der Waals surface area contributed by atoms with E-state index < -0.39 is 6.10 Å². The highest BCUT2D eigenvalue weighted by Gasteiger charge is 2.06. The van der Waals surface area contributed by atoms with Crippen LogP contribution in [0.2, 0.25) is 5.02 Å². The van der Waals surface area contributed by atoms with E-state index in [9.17, 15) is 5.11 Å². The number of aliphatic hydroxyl groups is 1. The molecule has 3 aromatic rings. The van der Waals surface area contributed by atoms with E-state index in [0.717, 1.165) is 16.8 Å². The van der Waals surface area contributed by atoms with Crippen molar-refractivity contribution in [2.24, 2.45) is 0 Å². The summed E-state index contributed by atoms with van der Waals surface area (Å²) in [5.41, 5.74) is 0.916. The lowest BCUT2D eigenvalue weighted by molar-refractivity contribution is 0.117. The average molecular weight is 328 g/mol. The summed E-state index contributed by atoms with van der Waals surface area (Å²) in [7, 11) is 0. The molecule has 23 heavy (non-hydrogen) atoms. The molecule has 0 spiro atoms. The normalized spacial score (nSPS) is 12.1. The number of anilines is 1. The Morgan fingerprint density at radius 3 is 2.48 bits per heavy atom. The van der Waals surface area contributed by atoms with Gasteiger partial charge in [0.05, 0.1) is 0 Å². The van der Waals surface area contributed by atoms with Crippen LogP contribution in [-0.2, 0) is 0 Å². The van der Waals surface area contributed by atoms with Gasteiger partial charge in [0.15, 0.2) is 0 Å². The van der Waals surface area contributed by atoms with E-state index in [4.69, 9.17) is 16.3 Å². The first kappa shape index (κ1) is 15.7. The lowest BCUT2D eigenvalue weighted by Gasteiger charge is -2.14. The van der Waals surface area contributed by atoms with Crippen LogP contribution in [0, 0.1) is 0 Å². The fourth-order valence-electron chi connectivity index (χ4n) is 2.31.